The average molecular weight is 473 g/mol. The molecule has 0 spiro atoms. The molecule has 1 atom stereocenters. The van der Waals surface area contributed by atoms with Crippen molar-refractivity contribution in [3.63, 3.8) is 0 Å². The Morgan fingerprint density at radius 1 is 0.771 bits per heavy atom. The van der Waals surface area contributed by atoms with E-state index in [1.807, 2.05) is 55.5 Å². The molecule has 2 heterocycles. The Labute approximate surface area is 203 Å². The van der Waals surface area contributed by atoms with Crippen molar-refractivity contribution in [3.8, 4) is 22.6 Å². The van der Waals surface area contributed by atoms with Gasteiger partial charge in [-0.2, -0.15) is 0 Å². The molecule has 8 heteroatoms. The number of rotatable bonds is 9. The van der Waals surface area contributed by atoms with E-state index in [0.717, 1.165) is 11.1 Å². The molecule has 0 bridgehead atoms. The summed E-state index contributed by atoms with van der Waals surface area (Å²) in [6, 6.07) is 14.8. The van der Waals surface area contributed by atoms with E-state index in [9.17, 15) is 9.59 Å². The average Bonchev–Trinajstić information content (AvgIpc) is 3.47. The van der Waals surface area contributed by atoms with Crippen molar-refractivity contribution < 1.29 is 18.4 Å². The van der Waals surface area contributed by atoms with Crippen molar-refractivity contribution in [1.29, 1.82) is 0 Å². The Morgan fingerprint density at radius 3 is 1.66 bits per heavy atom. The summed E-state index contributed by atoms with van der Waals surface area (Å²) in [7, 11) is 0. The van der Waals surface area contributed by atoms with Crippen molar-refractivity contribution in [2.45, 2.75) is 40.0 Å². The Hall–Kier alpha value is -4.20. The van der Waals surface area contributed by atoms with Gasteiger partial charge in [0.05, 0.1) is 12.4 Å². The topological polar surface area (TPSA) is 110 Å². The number of nitrogens with one attached hydrogen (secondary N) is 2. The molecule has 0 radical (unpaired) electrons. The van der Waals surface area contributed by atoms with E-state index in [4.69, 9.17) is 8.83 Å². The number of carbonyl (C=O) groups is 2. The Bertz CT molecular complexity index is 1290. The summed E-state index contributed by atoms with van der Waals surface area (Å²) in [5, 5.41) is 5.80. The second-order valence-electron chi connectivity index (χ2n) is 8.59. The van der Waals surface area contributed by atoms with Gasteiger partial charge in [-0.15, -0.1) is 0 Å². The predicted molar refractivity (Wildman–Crippen MR) is 134 cm³/mol. The standard InChI is InChI=1S/C27H28N4O4/c1-17(14-27(33)31-23-11-7-21(8-12-23)25-16-29-19(3)35-25)4-13-26(32)30-22-9-5-20(6-10-22)24-15-28-18(2)34-24/h5-12,15-17H,4,13-14H2,1-3H3,(H,30,32)(H,31,33). The van der Waals surface area contributed by atoms with Crippen LogP contribution >= 0.6 is 0 Å². The first kappa shape index (κ1) is 23.9. The maximum Gasteiger partial charge on any atom is 0.224 e. The molecule has 2 amide bonds. The van der Waals surface area contributed by atoms with Crippen LogP contribution in [0.3, 0.4) is 0 Å². The number of oxazole rings is 2. The molecule has 1 unspecified atom stereocenters. The quantitative estimate of drug-likeness (QED) is 0.309. The third-order valence-corrected chi connectivity index (χ3v) is 5.55. The normalized spacial score (nSPS) is 11.7. The Morgan fingerprint density at radius 2 is 1.23 bits per heavy atom. The molecule has 4 aromatic rings. The van der Waals surface area contributed by atoms with Gasteiger partial charge in [0, 0.05) is 49.2 Å². The minimum absolute atomic E-state index is 0.0641. The van der Waals surface area contributed by atoms with E-state index < -0.39 is 0 Å². The monoisotopic (exact) mass is 472 g/mol. The number of amides is 2. The second kappa shape index (κ2) is 10.8. The lowest BCUT2D eigenvalue weighted by Crippen LogP contribution is -2.17. The van der Waals surface area contributed by atoms with Crippen LogP contribution in [0.2, 0.25) is 0 Å². The van der Waals surface area contributed by atoms with Gasteiger partial charge in [0.1, 0.15) is 0 Å². The second-order valence-corrected chi connectivity index (χ2v) is 8.59. The number of aromatic nitrogens is 2. The Kier molecular flexibility index (Phi) is 7.40. The van der Waals surface area contributed by atoms with Gasteiger partial charge in [0.2, 0.25) is 11.8 Å². The zero-order chi connectivity index (χ0) is 24.8. The van der Waals surface area contributed by atoms with E-state index in [1.165, 1.54) is 0 Å². The molecule has 8 nitrogen and oxygen atoms in total. The van der Waals surface area contributed by atoms with Crippen LogP contribution in [0, 0.1) is 19.8 Å². The zero-order valence-corrected chi connectivity index (χ0v) is 20.0. The number of anilines is 2. The number of carbonyl (C=O) groups excluding carboxylic acids is 2. The first-order chi connectivity index (χ1) is 16.9. The van der Waals surface area contributed by atoms with Gasteiger partial charge in [-0.3, -0.25) is 9.59 Å². The van der Waals surface area contributed by atoms with Crippen molar-refractivity contribution >= 4 is 23.2 Å². The molecule has 2 N–H and O–H groups in total. The molecule has 0 saturated carbocycles. The Balaban J connectivity index is 1.19. The molecule has 0 aliphatic heterocycles. The van der Waals surface area contributed by atoms with Crippen molar-refractivity contribution in [3.05, 3.63) is 72.7 Å². The van der Waals surface area contributed by atoms with Gasteiger partial charge in [0.25, 0.3) is 0 Å². The lowest BCUT2D eigenvalue weighted by atomic mass is 10.0. The lowest BCUT2D eigenvalue weighted by molar-refractivity contribution is -0.118. The first-order valence-corrected chi connectivity index (χ1v) is 11.5. The maximum atomic E-state index is 12.4. The zero-order valence-electron chi connectivity index (χ0n) is 20.0. The molecule has 2 aromatic carbocycles. The molecule has 180 valence electrons. The van der Waals surface area contributed by atoms with Crippen LogP contribution in [-0.4, -0.2) is 21.8 Å². The fourth-order valence-electron chi connectivity index (χ4n) is 3.66. The van der Waals surface area contributed by atoms with E-state index in [1.54, 1.807) is 26.2 Å². The minimum Gasteiger partial charge on any atom is -0.441 e. The third-order valence-electron chi connectivity index (χ3n) is 5.55. The molecule has 0 fully saturated rings. The molecule has 2 aromatic heterocycles. The minimum atomic E-state index is -0.0845. The van der Waals surface area contributed by atoms with Crippen molar-refractivity contribution in [2.75, 3.05) is 10.6 Å². The molecule has 4 rings (SSSR count). The number of hydrogen-bond donors (Lipinski definition) is 2. The lowest BCUT2D eigenvalue weighted by Gasteiger charge is -2.12. The fourth-order valence-corrected chi connectivity index (χ4v) is 3.66. The third kappa shape index (κ3) is 6.66. The van der Waals surface area contributed by atoms with Gasteiger partial charge in [-0.1, -0.05) is 6.92 Å². The van der Waals surface area contributed by atoms with Gasteiger partial charge in [0.15, 0.2) is 23.3 Å². The van der Waals surface area contributed by atoms with Gasteiger partial charge < -0.3 is 19.5 Å². The van der Waals surface area contributed by atoms with E-state index >= 15 is 0 Å². The van der Waals surface area contributed by atoms with Crippen LogP contribution in [0.4, 0.5) is 11.4 Å². The van der Waals surface area contributed by atoms with Crippen LogP contribution in [-0.2, 0) is 9.59 Å². The van der Waals surface area contributed by atoms with Gasteiger partial charge >= 0.3 is 0 Å². The summed E-state index contributed by atoms with van der Waals surface area (Å²) < 4.78 is 11.0. The largest absolute Gasteiger partial charge is 0.441 e. The summed E-state index contributed by atoms with van der Waals surface area (Å²) in [4.78, 5) is 33.0. The predicted octanol–water partition coefficient (Wildman–Crippen LogP) is 6.00. The molecular formula is C27H28N4O4. The van der Waals surface area contributed by atoms with Gasteiger partial charge in [-0.25, -0.2) is 9.97 Å². The van der Waals surface area contributed by atoms with Crippen LogP contribution in [0.5, 0.6) is 0 Å². The van der Waals surface area contributed by atoms with Crippen LogP contribution < -0.4 is 10.6 Å². The van der Waals surface area contributed by atoms with Crippen molar-refractivity contribution in [2.24, 2.45) is 5.92 Å². The summed E-state index contributed by atoms with van der Waals surface area (Å²) in [5.74, 6) is 2.49. The van der Waals surface area contributed by atoms with Crippen LogP contribution in [0.1, 0.15) is 38.0 Å². The number of nitrogens with zero attached hydrogens (tertiary/aromatic N) is 2. The summed E-state index contributed by atoms with van der Waals surface area (Å²) >= 11 is 0. The number of benzene rings is 2. The smallest absolute Gasteiger partial charge is 0.224 e. The highest BCUT2D eigenvalue weighted by Crippen LogP contribution is 2.24. The highest BCUT2D eigenvalue weighted by Gasteiger charge is 2.13. The van der Waals surface area contributed by atoms with Crippen LogP contribution in [0.15, 0.2) is 69.8 Å². The van der Waals surface area contributed by atoms with Crippen LogP contribution in [0.25, 0.3) is 22.6 Å². The molecule has 0 aliphatic carbocycles. The molecule has 0 saturated heterocycles. The summed E-state index contributed by atoms with van der Waals surface area (Å²) in [6.45, 7) is 5.56. The SMILES string of the molecule is Cc1ncc(-c2ccc(NC(=O)CCC(C)CC(=O)Nc3ccc(-c4cnc(C)o4)cc3)cc2)o1. The number of aryl methyl sites for hydroxylation is 2. The van der Waals surface area contributed by atoms with E-state index in [-0.39, 0.29) is 17.7 Å². The summed E-state index contributed by atoms with van der Waals surface area (Å²) in [6.07, 6.45) is 4.63. The van der Waals surface area contributed by atoms with Crippen molar-refractivity contribution in [1.82, 2.24) is 9.97 Å². The molecule has 0 aliphatic rings. The van der Waals surface area contributed by atoms with Gasteiger partial charge in [-0.05, 0) is 60.9 Å². The van der Waals surface area contributed by atoms with E-state index in [2.05, 4.69) is 20.6 Å². The number of hydrogen-bond acceptors (Lipinski definition) is 6. The first-order valence-electron chi connectivity index (χ1n) is 11.5. The maximum absolute atomic E-state index is 12.4. The fraction of sp³-hybridized carbons (Fsp3) is 0.259. The molecular weight excluding hydrogens is 444 g/mol. The summed E-state index contributed by atoms with van der Waals surface area (Å²) in [5.41, 5.74) is 3.21. The highest BCUT2D eigenvalue weighted by molar-refractivity contribution is 5.92. The van der Waals surface area contributed by atoms with E-state index in [0.29, 0.717) is 53.9 Å². The highest BCUT2D eigenvalue weighted by atomic mass is 16.4. The molecule has 35 heavy (non-hydrogen) atoms.